The highest BCUT2D eigenvalue weighted by molar-refractivity contribution is 5.95. The van der Waals surface area contributed by atoms with E-state index in [9.17, 15) is 4.79 Å². The Bertz CT molecular complexity index is 802. The first-order valence-electron chi connectivity index (χ1n) is 7.63. The minimum Gasteiger partial charge on any atom is -0.497 e. The molecule has 2 heterocycles. The van der Waals surface area contributed by atoms with Crippen molar-refractivity contribution in [3.05, 3.63) is 60.0 Å². The highest BCUT2D eigenvalue weighted by Crippen LogP contribution is 2.22. The summed E-state index contributed by atoms with van der Waals surface area (Å²) in [6.07, 6.45) is 4.58. The van der Waals surface area contributed by atoms with Gasteiger partial charge in [-0.1, -0.05) is 6.07 Å². The molecule has 0 aliphatic heterocycles. The quantitative estimate of drug-likeness (QED) is 0.755. The van der Waals surface area contributed by atoms with E-state index in [2.05, 4.69) is 10.3 Å². The van der Waals surface area contributed by atoms with Gasteiger partial charge in [-0.15, -0.1) is 0 Å². The first-order chi connectivity index (χ1) is 11.7. The third-order valence-electron chi connectivity index (χ3n) is 3.69. The molecule has 0 bridgehead atoms. The Labute approximate surface area is 140 Å². The molecular formula is C18H19N3O3. The van der Waals surface area contributed by atoms with E-state index in [1.807, 2.05) is 35.0 Å². The van der Waals surface area contributed by atoms with Gasteiger partial charge in [0, 0.05) is 37.0 Å². The SMILES string of the molecule is COc1cc(OC)cc(C(=O)NCCc2cn3ccccc3n2)c1. The smallest absolute Gasteiger partial charge is 0.251 e. The second kappa shape index (κ2) is 7.04. The standard InChI is InChI=1S/C18H19N3O3/c1-23-15-9-13(10-16(11-15)24-2)18(22)19-7-6-14-12-21-8-4-3-5-17(21)20-14/h3-5,8-12H,6-7H2,1-2H3,(H,19,22). The van der Waals surface area contributed by atoms with E-state index in [-0.39, 0.29) is 5.91 Å². The third kappa shape index (κ3) is 3.48. The maximum atomic E-state index is 12.3. The molecule has 124 valence electrons. The van der Waals surface area contributed by atoms with Gasteiger partial charge in [0.2, 0.25) is 0 Å². The number of benzene rings is 1. The lowest BCUT2D eigenvalue weighted by atomic mass is 10.2. The Balaban J connectivity index is 1.63. The zero-order valence-electron chi connectivity index (χ0n) is 13.7. The number of ether oxygens (including phenoxy) is 2. The summed E-state index contributed by atoms with van der Waals surface area (Å²) in [4.78, 5) is 16.8. The predicted octanol–water partition coefficient (Wildman–Crippen LogP) is 2.32. The number of nitrogens with one attached hydrogen (secondary N) is 1. The number of nitrogens with zero attached hydrogens (tertiary/aromatic N) is 2. The number of amides is 1. The van der Waals surface area contributed by atoms with E-state index in [4.69, 9.17) is 9.47 Å². The van der Waals surface area contributed by atoms with E-state index in [1.165, 1.54) is 0 Å². The monoisotopic (exact) mass is 325 g/mol. The molecule has 2 aromatic heterocycles. The average Bonchev–Trinajstić information content (AvgIpc) is 3.03. The van der Waals surface area contributed by atoms with Crippen LogP contribution in [0, 0.1) is 0 Å². The number of hydrogen-bond acceptors (Lipinski definition) is 4. The number of carbonyl (C=O) groups excluding carboxylic acids is 1. The number of hydrogen-bond donors (Lipinski definition) is 1. The molecule has 0 aliphatic rings. The summed E-state index contributed by atoms with van der Waals surface area (Å²) in [5.41, 5.74) is 2.34. The summed E-state index contributed by atoms with van der Waals surface area (Å²) in [6, 6.07) is 10.9. The summed E-state index contributed by atoms with van der Waals surface area (Å²) >= 11 is 0. The Hall–Kier alpha value is -3.02. The molecule has 0 spiro atoms. The van der Waals surface area contributed by atoms with Crippen molar-refractivity contribution in [2.45, 2.75) is 6.42 Å². The Kier molecular flexibility index (Phi) is 4.65. The minimum atomic E-state index is -0.170. The second-order valence-corrected chi connectivity index (χ2v) is 5.31. The normalized spacial score (nSPS) is 10.6. The molecule has 3 aromatic rings. The van der Waals surface area contributed by atoms with Gasteiger partial charge in [0.1, 0.15) is 17.1 Å². The lowest BCUT2D eigenvalue weighted by Crippen LogP contribution is -2.25. The van der Waals surface area contributed by atoms with Gasteiger partial charge in [0.15, 0.2) is 0 Å². The number of imidazole rings is 1. The molecule has 0 aliphatic carbocycles. The number of carbonyl (C=O) groups is 1. The van der Waals surface area contributed by atoms with Crippen LogP contribution in [-0.4, -0.2) is 36.1 Å². The Morgan fingerprint density at radius 2 is 1.92 bits per heavy atom. The van der Waals surface area contributed by atoms with Crippen molar-refractivity contribution in [1.29, 1.82) is 0 Å². The Morgan fingerprint density at radius 3 is 2.58 bits per heavy atom. The van der Waals surface area contributed by atoms with Crippen LogP contribution in [0.4, 0.5) is 0 Å². The first-order valence-corrected chi connectivity index (χ1v) is 7.63. The fourth-order valence-electron chi connectivity index (χ4n) is 2.45. The lowest BCUT2D eigenvalue weighted by Gasteiger charge is -2.09. The number of fused-ring (bicyclic) bond motifs is 1. The van der Waals surface area contributed by atoms with Crippen LogP contribution in [0.25, 0.3) is 5.65 Å². The average molecular weight is 325 g/mol. The van der Waals surface area contributed by atoms with Crippen molar-refractivity contribution < 1.29 is 14.3 Å². The van der Waals surface area contributed by atoms with Crippen LogP contribution >= 0.6 is 0 Å². The van der Waals surface area contributed by atoms with Gasteiger partial charge in [0.25, 0.3) is 5.91 Å². The molecule has 3 rings (SSSR count). The van der Waals surface area contributed by atoms with Crippen molar-refractivity contribution in [3.63, 3.8) is 0 Å². The van der Waals surface area contributed by atoms with Gasteiger partial charge in [-0.2, -0.15) is 0 Å². The zero-order chi connectivity index (χ0) is 16.9. The highest BCUT2D eigenvalue weighted by Gasteiger charge is 2.10. The molecule has 24 heavy (non-hydrogen) atoms. The number of pyridine rings is 1. The van der Waals surface area contributed by atoms with Crippen LogP contribution in [0.2, 0.25) is 0 Å². The fourth-order valence-corrected chi connectivity index (χ4v) is 2.45. The van der Waals surface area contributed by atoms with E-state index >= 15 is 0 Å². The summed E-state index contributed by atoms with van der Waals surface area (Å²) in [6.45, 7) is 0.502. The van der Waals surface area contributed by atoms with Gasteiger partial charge in [0.05, 0.1) is 19.9 Å². The zero-order valence-corrected chi connectivity index (χ0v) is 13.7. The number of aromatic nitrogens is 2. The summed E-state index contributed by atoms with van der Waals surface area (Å²) in [5, 5.41) is 2.90. The largest absolute Gasteiger partial charge is 0.497 e. The maximum absolute atomic E-state index is 12.3. The summed E-state index contributed by atoms with van der Waals surface area (Å²) in [5.74, 6) is 0.996. The van der Waals surface area contributed by atoms with Gasteiger partial charge < -0.3 is 19.2 Å². The van der Waals surface area contributed by atoms with Gasteiger partial charge in [-0.05, 0) is 24.3 Å². The molecule has 0 fully saturated rings. The van der Waals surface area contributed by atoms with Crippen molar-refractivity contribution in [3.8, 4) is 11.5 Å². The van der Waals surface area contributed by atoms with E-state index in [0.717, 1.165) is 11.3 Å². The van der Waals surface area contributed by atoms with Crippen molar-refractivity contribution in [2.75, 3.05) is 20.8 Å². The van der Waals surface area contributed by atoms with Gasteiger partial charge in [-0.3, -0.25) is 4.79 Å². The van der Waals surface area contributed by atoms with Crippen LogP contribution in [-0.2, 0) is 6.42 Å². The van der Waals surface area contributed by atoms with Crippen LogP contribution in [0.15, 0.2) is 48.8 Å². The molecule has 6 heteroatoms. The number of methoxy groups -OCH3 is 2. The van der Waals surface area contributed by atoms with Crippen molar-refractivity contribution in [1.82, 2.24) is 14.7 Å². The molecule has 1 aromatic carbocycles. The molecule has 1 N–H and O–H groups in total. The van der Waals surface area contributed by atoms with Gasteiger partial charge >= 0.3 is 0 Å². The number of rotatable bonds is 6. The molecule has 1 amide bonds. The maximum Gasteiger partial charge on any atom is 0.251 e. The molecule has 0 atom stereocenters. The fraction of sp³-hybridized carbons (Fsp3) is 0.222. The third-order valence-corrected chi connectivity index (χ3v) is 3.69. The van der Waals surface area contributed by atoms with Crippen molar-refractivity contribution in [2.24, 2.45) is 0 Å². The molecule has 0 saturated heterocycles. The Morgan fingerprint density at radius 1 is 1.17 bits per heavy atom. The van der Waals surface area contributed by atoms with Crippen LogP contribution in [0.3, 0.4) is 0 Å². The lowest BCUT2D eigenvalue weighted by molar-refractivity contribution is 0.0953. The molecule has 6 nitrogen and oxygen atoms in total. The van der Waals surface area contributed by atoms with Crippen LogP contribution in [0.1, 0.15) is 16.1 Å². The van der Waals surface area contributed by atoms with Crippen LogP contribution < -0.4 is 14.8 Å². The molecule has 0 unspecified atom stereocenters. The van der Waals surface area contributed by atoms with E-state index < -0.39 is 0 Å². The van der Waals surface area contributed by atoms with Gasteiger partial charge in [-0.25, -0.2) is 4.98 Å². The van der Waals surface area contributed by atoms with E-state index in [0.29, 0.717) is 30.0 Å². The van der Waals surface area contributed by atoms with Crippen LogP contribution in [0.5, 0.6) is 11.5 Å². The molecule has 0 radical (unpaired) electrons. The molecule has 0 saturated carbocycles. The minimum absolute atomic E-state index is 0.170. The predicted molar refractivity (Wildman–Crippen MR) is 90.8 cm³/mol. The molecular weight excluding hydrogens is 306 g/mol. The summed E-state index contributed by atoms with van der Waals surface area (Å²) in [7, 11) is 3.11. The highest BCUT2D eigenvalue weighted by atomic mass is 16.5. The first kappa shape index (κ1) is 15.9. The van der Waals surface area contributed by atoms with E-state index in [1.54, 1.807) is 32.4 Å². The topological polar surface area (TPSA) is 64.9 Å². The second-order valence-electron chi connectivity index (χ2n) is 5.31. The van der Waals surface area contributed by atoms with Crippen molar-refractivity contribution >= 4 is 11.6 Å². The summed E-state index contributed by atoms with van der Waals surface area (Å²) < 4.78 is 12.3.